The van der Waals surface area contributed by atoms with Crippen molar-refractivity contribution in [3.63, 3.8) is 0 Å². The number of benzene rings is 1. The number of aromatic nitrogens is 2. The number of nitrogens with zero attached hydrogens (tertiary/aromatic N) is 2. The zero-order valence-electron chi connectivity index (χ0n) is 12.9. The van der Waals surface area contributed by atoms with Crippen LogP contribution in [0.15, 0.2) is 46.0 Å². The Labute approximate surface area is 141 Å². The molecule has 0 radical (unpaired) electrons. The lowest BCUT2D eigenvalue weighted by atomic mass is 9.89. The number of halogens is 1. The predicted molar refractivity (Wildman–Crippen MR) is 88.8 cm³/mol. The summed E-state index contributed by atoms with van der Waals surface area (Å²) < 4.78 is 14.6. The predicted octanol–water partition coefficient (Wildman–Crippen LogP) is 2.17. The first-order valence-corrected chi connectivity index (χ1v) is 8.27. The van der Waals surface area contributed by atoms with Crippen LogP contribution in [0.1, 0.15) is 17.0 Å². The largest absolute Gasteiger partial charge is 0.477 e. The fraction of sp³-hybridized carbons (Fsp3) is 0.188. The van der Waals surface area contributed by atoms with Crippen molar-refractivity contribution in [3.05, 3.63) is 63.3 Å². The van der Waals surface area contributed by atoms with E-state index in [9.17, 15) is 19.1 Å². The van der Waals surface area contributed by atoms with Crippen molar-refractivity contribution in [2.75, 3.05) is 11.6 Å². The molecular weight excluding hydrogens is 333 g/mol. The quantitative estimate of drug-likeness (QED) is 0.654. The van der Waals surface area contributed by atoms with E-state index in [0.29, 0.717) is 16.3 Å². The SMILES string of the molecule is CSc1nc2c(c(=O)n1C)C(c1ccc(F)cc1)C=C(C(=O)O)N2. The maximum Gasteiger partial charge on any atom is 0.352 e. The Balaban J connectivity index is 2.25. The van der Waals surface area contributed by atoms with E-state index in [1.54, 1.807) is 13.3 Å². The Morgan fingerprint density at radius 3 is 2.62 bits per heavy atom. The van der Waals surface area contributed by atoms with Gasteiger partial charge in [-0.25, -0.2) is 14.2 Å². The number of aliphatic carboxylic acids is 1. The maximum atomic E-state index is 13.2. The van der Waals surface area contributed by atoms with Crippen LogP contribution < -0.4 is 10.9 Å². The second kappa shape index (κ2) is 6.12. The number of nitrogens with one attached hydrogen (secondary N) is 1. The summed E-state index contributed by atoms with van der Waals surface area (Å²) in [5, 5.41) is 12.5. The van der Waals surface area contributed by atoms with Crippen LogP contribution in [0, 0.1) is 5.82 Å². The fourth-order valence-electron chi connectivity index (χ4n) is 2.63. The van der Waals surface area contributed by atoms with E-state index in [4.69, 9.17) is 0 Å². The molecule has 1 atom stereocenters. The van der Waals surface area contributed by atoms with Gasteiger partial charge in [-0.3, -0.25) is 9.36 Å². The van der Waals surface area contributed by atoms with Crippen LogP contribution in [-0.4, -0.2) is 26.9 Å². The molecule has 0 saturated heterocycles. The molecule has 2 aromatic rings. The van der Waals surface area contributed by atoms with Crippen molar-refractivity contribution < 1.29 is 14.3 Å². The minimum atomic E-state index is -1.15. The van der Waals surface area contributed by atoms with E-state index >= 15 is 0 Å². The van der Waals surface area contributed by atoms with E-state index in [0.717, 1.165) is 0 Å². The van der Waals surface area contributed by atoms with Crippen LogP contribution in [0.2, 0.25) is 0 Å². The molecule has 2 N–H and O–H groups in total. The van der Waals surface area contributed by atoms with E-state index < -0.39 is 17.7 Å². The number of anilines is 1. The lowest BCUT2D eigenvalue weighted by molar-refractivity contribution is -0.132. The number of allylic oxidation sites excluding steroid dienone is 1. The van der Waals surface area contributed by atoms with Gasteiger partial charge in [-0.05, 0) is 30.0 Å². The molecule has 0 bridgehead atoms. The summed E-state index contributed by atoms with van der Waals surface area (Å²) in [4.78, 5) is 28.5. The van der Waals surface area contributed by atoms with E-state index in [-0.39, 0.29) is 17.1 Å². The molecule has 1 unspecified atom stereocenters. The van der Waals surface area contributed by atoms with Crippen molar-refractivity contribution >= 4 is 23.5 Å². The lowest BCUT2D eigenvalue weighted by Gasteiger charge is -2.24. The van der Waals surface area contributed by atoms with Crippen LogP contribution in [0.25, 0.3) is 0 Å². The van der Waals surface area contributed by atoms with Gasteiger partial charge in [0, 0.05) is 13.0 Å². The number of carboxylic acid groups (broad SMARTS) is 1. The maximum absolute atomic E-state index is 13.2. The molecule has 0 fully saturated rings. The van der Waals surface area contributed by atoms with Gasteiger partial charge in [-0.1, -0.05) is 23.9 Å². The number of carboxylic acids is 1. The molecular formula is C16H14FN3O3S. The Kier molecular flexibility index (Phi) is 4.15. The highest BCUT2D eigenvalue weighted by Gasteiger charge is 2.29. The molecule has 8 heteroatoms. The van der Waals surface area contributed by atoms with Crippen LogP contribution in [0.3, 0.4) is 0 Å². The van der Waals surface area contributed by atoms with Crippen molar-refractivity contribution in [2.45, 2.75) is 11.1 Å². The lowest BCUT2D eigenvalue weighted by Crippen LogP contribution is -2.31. The molecule has 1 aliphatic heterocycles. The molecule has 3 rings (SSSR count). The van der Waals surface area contributed by atoms with Gasteiger partial charge < -0.3 is 10.4 Å². The minimum Gasteiger partial charge on any atom is -0.477 e. The van der Waals surface area contributed by atoms with Crippen molar-refractivity contribution in [1.29, 1.82) is 0 Å². The van der Waals surface area contributed by atoms with Gasteiger partial charge in [0.25, 0.3) is 5.56 Å². The normalized spacial score (nSPS) is 16.1. The second-order valence-corrected chi connectivity index (χ2v) is 6.04. The third-order valence-electron chi connectivity index (χ3n) is 3.82. The van der Waals surface area contributed by atoms with Crippen LogP contribution in [-0.2, 0) is 11.8 Å². The van der Waals surface area contributed by atoms with E-state index in [1.807, 2.05) is 0 Å². The number of hydrogen-bond donors (Lipinski definition) is 2. The Morgan fingerprint density at radius 1 is 1.38 bits per heavy atom. The monoisotopic (exact) mass is 347 g/mol. The van der Waals surface area contributed by atoms with Gasteiger partial charge >= 0.3 is 5.97 Å². The van der Waals surface area contributed by atoms with Gasteiger partial charge in [0.1, 0.15) is 17.3 Å². The first-order chi connectivity index (χ1) is 11.4. The average molecular weight is 347 g/mol. The van der Waals surface area contributed by atoms with Crippen molar-refractivity contribution in [1.82, 2.24) is 9.55 Å². The van der Waals surface area contributed by atoms with Crippen molar-refractivity contribution in [2.24, 2.45) is 7.05 Å². The standard InChI is InChI=1S/C16H14FN3O3S/c1-20-14(21)12-10(8-3-5-9(17)6-4-8)7-11(15(22)23)18-13(12)19-16(20)24-2/h3-7,10,18H,1-2H3,(H,22,23). The highest BCUT2D eigenvalue weighted by atomic mass is 32.2. The summed E-state index contributed by atoms with van der Waals surface area (Å²) in [6.45, 7) is 0. The average Bonchev–Trinajstić information content (AvgIpc) is 2.57. The summed E-state index contributed by atoms with van der Waals surface area (Å²) in [7, 11) is 1.61. The number of carbonyl (C=O) groups is 1. The summed E-state index contributed by atoms with van der Waals surface area (Å²) >= 11 is 1.29. The van der Waals surface area contributed by atoms with Gasteiger partial charge in [0.05, 0.1) is 5.56 Å². The summed E-state index contributed by atoms with van der Waals surface area (Å²) in [5.41, 5.74) is 0.622. The van der Waals surface area contributed by atoms with Crippen molar-refractivity contribution in [3.8, 4) is 0 Å². The topological polar surface area (TPSA) is 84.2 Å². The zero-order chi connectivity index (χ0) is 17.4. The molecule has 24 heavy (non-hydrogen) atoms. The smallest absolute Gasteiger partial charge is 0.352 e. The van der Waals surface area contributed by atoms with Gasteiger partial charge in [0.15, 0.2) is 5.16 Å². The molecule has 1 aromatic carbocycles. The highest BCUT2D eigenvalue weighted by Crippen LogP contribution is 2.34. The Hall–Kier alpha value is -2.61. The first kappa shape index (κ1) is 16.3. The number of thioether (sulfide) groups is 1. The molecule has 2 heterocycles. The van der Waals surface area contributed by atoms with Gasteiger partial charge in [-0.2, -0.15) is 0 Å². The second-order valence-electron chi connectivity index (χ2n) is 5.26. The Bertz CT molecular complexity index is 906. The molecule has 0 saturated carbocycles. The van der Waals surface area contributed by atoms with E-state index in [1.165, 1.54) is 46.7 Å². The third kappa shape index (κ3) is 2.69. The van der Waals surface area contributed by atoms with Gasteiger partial charge in [-0.15, -0.1) is 0 Å². The molecule has 1 aromatic heterocycles. The van der Waals surface area contributed by atoms with E-state index in [2.05, 4.69) is 10.3 Å². The number of rotatable bonds is 3. The Morgan fingerprint density at radius 2 is 2.04 bits per heavy atom. The minimum absolute atomic E-state index is 0.0652. The molecule has 1 aliphatic rings. The molecule has 0 amide bonds. The summed E-state index contributed by atoms with van der Waals surface area (Å²) in [6.07, 6.45) is 3.22. The first-order valence-electron chi connectivity index (χ1n) is 7.05. The number of fused-ring (bicyclic) bond motifs is 1. The van der Waals surface area contributed by atoms with Crippen LogP contribution in [0.5, 0.6) is 0 Å². The zero-order valence-corrected chi connectivity index (χ0v) is 13.7. The highest BCUT2D eigenvalue weighted by molar-refractivity contribution is 7.98. The molecule has 0 aliphatic carbocycles. The third-order valence-corrected chi connectivity index (χ3v) is 4.55. The molecule has 124 valence electrons. The molecule has 6 nitrogen and oxygen atoms in total. The molecule has 0 spiro atoms. The fourth-order valence-corrected chi connectivity index (χ4v) is 3.17. The van der Waals surface area contributed by atoms with Crippen LogP contribution in [0.4, 0.5) is 10.2 Å². The summed E-state index contributed by atoms with van der Waals surface area (Å²) in [5.74, 6) is -1.95. The van der Waals surface area contributed by atoms with Crippen LogP contribution >= 0.6 is 11.8 Å². The van der Waals surface area contributed by atoms with Gasteiger partial charge in [0.2, 0.25) is 0 Å². The number of hydrogen-bond acceptors (Lipinski definition) is 5. The summed E-state index contributed by atoms with van der Waals surface area (Å²) in [6, 6.07) is 5.62.